The van der Waals surface area contributed by atoms with Crippen molar-refractivity contribution in [3.05, 3.63) is 59.4 Å². The van der Waals surface area contributed by atoms with Gasteiger partial charge in [-0.2, -0.15) is 5.26 Å². The molecule has 1 fully saturated rings. The van der Waals surface area contributed by atoms with Crippen molar-refractivity contribution in [2.24, 2.45) is 4.99 Å². The van der Waals surface area contributed by atoms with Crippen LogP contribution in [0, 0.1) is 11.3 Å². The fourth-order valence-electron chi connectivity index (χ4n) is 3.76. The number of hydrogen-bond acceptors (Lipinski definition) is 5. The number of ether oxygens (including phenoxy) is 1. The summed E-state index contributed by atoms with van der Waals surface area (Å²) in [6, 6.07) is 13.2. The van der Waals surface area contributed by atoms with Gasteiger partial charge < -0.3 is 9.64 Å². The topological polar surface area (TPSA) is 78.6 Å². The van der Waals surface area contributed by atoms with Gasteiger partial charge in [0.05, 0.1) is 11.6 Å². The Labute approximate surface area is 184 Å². The summed E-state index contributed by atoms with van der Waals surface area (Å²) < 4.78 is 6.00. The van der Waals surface area contributed by atoms with Crippen LogP contribution in [0.2, 0.25) is 0 Å². The van der Waals surface area contributed by atoms with Gasteiger partial charge in [-0.15, -0.1) is 0 Å². The molecule has 1 amide bonds. The standard InChI is InChI=1S/C25H30N4O2/c1-4-5-18(2)28-19(3)21-8-11-24(27-17-21)25(30)29-14-12-23(13-15-29)31-22-9-6-20(16-26)7-10-22/h6-11,17-18,23H,4-5,12-15H2,1-3H3. The van der Waals surface area contributed by atoms with Gasteiger partial charge in [0, 0.05) is 49.4 Å². The van der Waals surface area contributed by atoms with Gasteiger partial charge in [-0.1, -0.05) is 13.3 Å². The van der Waals surface area contributed by atoms with Crippen molar-refractivity contribution in [1.29, 1.82) is 5.26 Å². The first-order valence-electron chi connectivity index (χ1n) is 11.0. The summed E-state index contributed by atoms with van der Waals surface area (Å²) in [4.78, 5) is 23.8. The molecule has 1 aromatic carbocycles. The molecule has 1 unspecified atom stereocenters. The van der Waals surface area contributed by atoms with E-state index in [1.165, 1.54) is 0 Å². The van der Waals surface area contributed by atoms with E-state index in [-0.39, 0.29) is 12.0 Å². The van der Waals surface area contributed by atoms with Gasteiger partial charge >= 0.3 is 0 Å². The number of nitrogens with zero attached hydrogens (tertiary/aromatic N) is 4. The zero-order valence-corrected chi connectivity index (χ0v) is 18.5. The van der Waals surface area contributed by atoms with E-state index in [0.717, 1.165) is 42.7 Å². The Kier molecular flexibility index (Phi) is 7.77. The summed E-state index contributed by atoms with van der Waals surface area (Å²) >= 11 is 0. The monoisotopic (exact) mass is 418 g/mol. The largest absolute Gasteiger partial charge is 0.490 e. The number of carbonyl (C=O) groups is 1. The summed E-state index contributed by atoms with van der Waals surface area (Å²) in [6.45, 7) is 7.54. The lowest BCUT2D eigenvalue weighted by molar-refractivity contribution is 0.0590. The van der Waals surface area contributed by atoms with E-state index in [9.17, 15) is 4.79 Å². The van der Waals surface area contributed by atoms with Crippen LogP contribution in [0.5, 0.6) is 5.75 Å². The molecule has 1 aliphatic heterocycles. The molecule has 0 saturated carbocycles. The fraction of sp³-hybridized carbons (Fsp3) is 0.440. The van der Waals surface area contributed by atoms with Crippen molar-refractivity contribution in [1.82, 2.24) is 9.88 Å². The van der Waals surface area contributed by atoms with E-state index in [2.05, 4.69) is 24.9 Å². The number of rotatable bonds is 7. The number of benzene rings is 1. The molecule has 0 N–H and O–H groups in total. The Morgan fingerprint density at radius 3 is 2.55 bits per heavy atom. The van der Waals surface area contributed by atoms with Gasteiger partial charge in [0.2, 0.25) is 0 Å². The molecule has 0 bridgehead atoms. The minimum Gasteiger partial charge on any atom is -0.490 e. The van der Waals surface area contributed by atoms with E-state index in [1.807, 2.05) is 30.0 Å². The third kappa shape index (κ3) is 6.14. The predicted octanol–water partition coefficient (Wildman–Crippen LogP) is 4.63. The van der Waals surface area contributed by atoms with Gasteiger partial charge in [-0.05, 0) is 56.7 Å². The van der Waals surface area contributed by atoms with Crippen molar-refractivity contribution in [2.75, 3.05) is 13.1 Å². The second-order valence-corrected chi connectivity index (χ2v) is 8.03. The first-order chi connectivity index (χ1) is 15.0. The highest BCUT2D eigenvalue weighted by Crippen LogP contribution is 2.20. The van der Waals surface area contributed by atoms with Gasteiger partial charge in [0.15, 0.2) is 0 Å². The molecule has 1 saturated heterocycles. The van der Waals surface area contributed by atoms with Crippen LogP contribution in [-0.4, -0.2) is 46.7 Å². The summed E-state index contributed by atoms with van der Waals surface area (Å²) in [6.07, 6.45) is 5.52. The number of carbonyl (C=O) groups excluding carboxylic acids is 1. The van der Waals surface area contributed by atoms with Crippen LogP contribution < -0.4 is 4.74 Å². The van der Waals surface area contributed by atoms with Crippen molar-refractivity contribution in [3.63, 3.8) is 0 Å². The summed E-state index contributed by atoms with van der Waals surface area (Å²) in [7, 11) is 0. The third-order valence-electron chi connectivity index (χ3n) is 5.54. The zero-order chi connectivity index (χ0) is 22.2. The normalized spacial score (nSPS) is 15.9. The molecule has 6 heteroatoms. The molecule has 0 aliphatic carbocycles. The number of aromatic nitrogens is 1. The molecule has 31 heavy (non-hydrogen) atoms. The minimum absolute atomic E-state index is 0.0442. The molecule has 1 aliphatic rings. The maximum atomic E-state index is 12.8. The zero-order valence-electron chi connectivity index (χ0n) is 18.5. The molecule has 6 nitrogen and oxygen atoms in total. The molecule has 0 radical (unpaired) electrons. The van der Waals surface area contributed by atoms with E-state index in [0.29, 0.717) is 30.4 Å². The van der Waals surface area contributed by atoms with Crippen LogP contribution in [-0.2, 0) is 0 Å². The average Bonchev–Trinajstić information content (AvgIpc) is 2.80. The summed E-state index contributed by atoms with van der Waals surface area (Å²) in [5.41, 5.74) is 2.98. The quantitative estimate of drug-likeness (QED) is 0.614. The van der Waals surface area contributed by atoms with Crippen LogP contribution in [0.3, 0.4) is 0 Å². The first kappa shape index (κ1) is 22.5. The average molecular weight is 419 g/mol. The summed E-state index contributed by atoms with van der Waals surface area (Å²) in [5.74, 6) is 0.712. The Morgan fingerprint density at radius 1 is 1.26 bits per heavy atom. The maximum absolute atomic E-state index is 12.8. The molecule has 2 aromatic rings. The second kappa shape index (κ2) is 10.7. The van der Waals surface area contributed by atoms with Gasteiger partial charge in [0.1, 0.15) is 17.5 Å². The number of aliphatic imine (C=N–C) groups is 1. The fourth-order valence-corrected chi connectivity index (χ4v) is 3.76. The van der Waals surface area contributed by atoms with Crippen molar-refractivity contribution in [2.45, 2.75) is 58.6 Å². The highest BCUT2D eigenvalue weighted by molar-refractivity contribution is 5.99. The van der Waals surface area contributed by atoms with Crippen molar-refractivity contribution >= 4 is 11.6 Å². The Morgan fingerprint density at radius 2 is 1.97 bits per heavy atom. The van der Waals surface area contributed by atoms with Crippen molar-refractivity contribution in [3.8, 4) is 11.8 Å². The number of likely N-dealkylation sites (tertiary alicyclic amines) is 1. The lowest BCUT2D eigenvalue weighted by Gasteiger charge is -2.32. The first-order valence-corrected chi connectivity index (χ1v) is 11.0. The predicted molar refractivity (Wildman–Crippen MR) is 122 cm³/mol. The number of amides is 1. The lowest BCUT2D eigenvalue weighted by atomic mass is 10.1. The number of hydrogen-bond donors (Lipinski definition) is 0. The number of pyridine rings is 1. The second-order valence-electron chi connectivity index (χ2n) is 8.03. The van der Waals surface area contributed by atoms with E-state index in [4.69, 9.17) is 15.0 Å². The van der Waals surface area contributed by atoms with Crippen LogP contribution in [0.1, 0.15) is 68.1 Å². The molecule has 1 aromatic heterocycles. The maximum Gasteiger partial charge on any atom is 0.272 e. The van der Waals surface area contributed by atoms with E-state index < -0.39 is 0 Å². The highest BCUT2D eigenvalue weighted by Gasteiger charge is 2.25. The highest BCUT2D eigenvalue weighted by atomic mass is 16.5. The third-order valence-corrected chi connectivity index (χ3v) is 5.54. The molecular weight excluding hydrogens is 388 g/mol. The minimum atomic E-state index is -0.0442. The summed E-state index contributed by atoms with van der Waals surface area (Å²) in [5, 5.41) is 8.88. The SMILES string of the molecule is CCCC(C)N=C(C)c1ccc(C(=O)N2CCC(Oc3ccc(C#N)cc3)CC2)nc1. The number of piperidine rings is 1. The smallest absolute Gasteiger partial charge is 0.272 e. The van der Waals surface area contributed by atoms with E-state index >= 15 is 0 Å². The van der Waals surface area contributed by atoms with Gasteiger partial charge in [0.25, 0.3) is 5.91 Å². The molecule has 2 heterocycles. The van der Waals surface area contributed by atoms with Gasteiger partial charge in [-0.25, -0.2) is 0 Å². The van der Waals surface area contributed by atoms with E-state index in [1.54, 1.807) is 24.4 Å². The van der Waals surface area contributed by atoms with Crippen LogP contribution in [0.15, 0.2) is 47.6 Å². The molecule has 1 atom stereocenters. The number of nitriles is 1. The Hall–Kier alpha value is -3.20. The molecule has 162 valence electrons. The lowest BCUT2D eigenvalue weighted by Crippen LogP contribution is -2.42. The molecule has 3 rings (SSSR count). The van der Waals surface area contributed by atoms with Crippen LogP contribution >= 0.6 is 0 Å². The Balaban J connectivity index is 1.53. The van der Waals surface area contributed by atoms with Gasteiger partial charge in [-0.3, -0.25) is 14.8 Å². The Bertz CT molecular complexity index is 937. The van der Waals surface area contributed by atoms with Crippen molar-refractivity contribution < 1.29 is 9.53 Å². The van der Waals surface area contributed by atoms with Crippen LogP contribution in [0.25, 0.3) is 0 Å². The molecular formula is C25H30N4O2. The van der Waals surface area contributed by atoms with Crippen LogP contribution in [0.4, 0.5) is 0 Å². The molecule has 0 spiro atoms.